The Morgan fingerprint density at radius 2 is 1.61 bits per heavy atom. The highest BCUT2D eigenvalue weighted by atomic mass is 28.3. The summed E-state index contributed by atoms with van der Waals surface area (Å²) in [6.45, 7) is 14.2. The predicted molar refractivity (Wildman–Crippen MR) is 147 cm³/mol. The average molecular weight is 509 g/mol. The van der Waals surface area contributed by atoms with Crippen molar-refractivity contribution in [1.82, 2.24) is 4.57 Å². The highest BCUT2D eigenvalue weighted by molar-refractivity contribution is 6.81. The molecule has 2 aliphatic heterocycles. The normalized spacial score (nSPS) is 19.4. The lowest BCUT2D eigenvalue weighted by Crippen LogP contribution is -2.60. The zero-order valence-electron chi connectivity index (χ0n) is 22.2. The summed E-state index contributed by atoms with van der Waals surface area (Å²) in [4.78, 5) is 4.89. The number of halogens is 2. The molecular formula is C30H38F2N2OSi. The van der Waals surface area contributed by atoms with E-state index in [1.54, 1.807) is 0 Å². The summed E-state index contributed by atoms with van der Waals surface area (Å²) in [6.07, 6.45) is 8.59. The van der Waals surface area contributed by atoms with Gasteiger partial charge in [-0.05, 0) is 58.1 Å². The van der Waals surface area contributed by atoms with Crippen LogP contribution in [0.1, 0.15) is 52.7 Å². The van der Waals surface area contributed by atoms with E-state index in [0.29, 0.717) is 28.6 Å². The number of fused-ring (bicyclic) bond motifs is 1. The molecule has 2 aromatic rings. The molecule has 192 valence electrons. The van der Waals surface area contributed by atoms with Gasteiger partial charge in [-0.1, -0.05) is 78.0 Å². The number of aliphatic imine (C=N–C) groups is 1. The van der Waals surface area contributed by atoms with Crippen LogP contribution in [-0.4, -0.2) is 25.2 Å². The average Bonchev–Trinajstić information content (AvgIpc) is 3.19. The Balaban J connectivity index is 1.63. The van der Waals surface area contributed by atoms with Crippen molar-refractivity contribution in [2.24, 2.45) is 10.9 Å². The molecule has 0 fully saturated rings. The Hall–Kier alpha value is -2.73. The van der Waals surface area contributed by atoms with Crippen LogP contribution in [0, 0.1) is 17.6 Å². The summed E-state index contributed by atoms with van der Waals surface area (Å²) < 4.78 is 38.3. The Bertz CT molecular complexity index is 1140. The zero-order chi connectivity index (χ0) is 26.0. The van der Waals surface area contributed by atoms with E-state index in [-0.39, 0.29) is 24.4 Å². The fourth-order valence-corrected chi connectivity index (χ4v) is 13.4. The number of rotatable bonds is 9. The maximum atomic E-state index is 15.2. The van der Waals surface area contributed by atoms with Crippen LogP contribution >= 0.6 is 0 Å². The van der Waals surface area contributed by atoms with Gasteiger partial charge in [-0.25, -0.2) is 8.78 Å². The van der Waals surface area contributed by atoms with Gasteiger partial charge in [0.15, 0.2) is 19.8 Å². The van der Waals surface area contributed by atoms with Crippen molar-refractivity contribution < 1.29 is 13.5 Å². The van der Waals surface area contributed by atoms with Gasteiger partial charge < -0.3 is 9.30 Å². The second-order valence-electron chi connectivity index (χ2n) is 10.9. The topological polar surface area (TPSA) is 24.8 Å². The molecule has 0 aliphatic carbocycles. The fourth-order valence-electron chi connectivity index (χ4n) is 6.57. The lowest BCUT2D eigenvalue weighted by Gasteiger charge is -2.52. The summed E-state index contributed by atoms with van der Waals surface area (Å²) in [5, 5.41) is 0. The van der Waals surface area contributed by atoms with Crippen molar-refractivity contribution in [2.75, 3.05) is 0 Å². The minimum Gasteiger partial charge on any atom is -0.486 e. The molecule has 4 rings (SSSR count). The Morgan fingerprint density at radius 3 is 2.25 bits per heavy atom. The van der Waals surface area contributed by atoms with Gasteiger partial charge in [0, 0.05) is 18.2 Å². The Labute approximate surface area is 215 Å². The quantitative estimate of drug-likeness (QED) is 0.320. The predicted octanol–water partition coefficient (Wildman–Crippen LogP) is 8.04. The van der Waals surface area contributed by atoms with E-state index in [1.807, 2.05) is 42.6 Å². The number of allylic oxidation sites excluding steroid dienone is 1. The van der Waals surface area contributed by atoms with E-state index in [2.05, 4.69) is 58.4 Å². The third-order valence-corrected chi connectivity index (χ3v) is 14.8. The molecule has 2 heterocycles. The highest BCUT2D eigenvalue weighted by Crippen LogP contribution is 2.49. The number of dihydropyridines is 1. The number of ether oxygens (including phenoxy) is 1. The molecule has 0 bridgehead atoms. The summed E-state index contributed by atoms with van der Waals surface area (Å²) in [7, 11) is -2.02. The number of hydrogen-bond donors (Lipinski definition) is 0. The molecule has 0 aromatic heterocycles. The summed E-state index contributed by atoms with van der Waals surface area (Å²) in [5.41, 5.74) is 3.89. The standard InChI is InChI=1S/C30H38F2N2OSi/c1-20(2)36(21(3)4,22(5)6)34-18-25(26-13-10-14-33-30(26)34)15-24-16-28(32)29(17-27(24)31)35-19-23-11-8-7-9-12-23/h7-14,16-18,20-22,26,30H,15,19H2,1-6H3. The minimum atomic E-state index is -2.02. The van der Waals surface area contributed by atoms with Crippen molar-refractivity contribution in [3.8, 4) is 5.75 Å². The molecule has 3 nitrogen and oxygen atoms in total. The summed E-state index contributed by atoms with van der Waals surface area (Å²) in [5.74, 6) is -0.983. The molecule has 2 unspecified atom stereocenters. The van der Waals surface area contributed by atoms with Crippen molar-refractivity contribution in [1.29, 1.82) is 0 Å². The molecule has 0 spiro atoms. The van der Waals surface area contributed by atoms with Crippen LogP contribution < -0.4 is 4.74 Å². The maximum absolute atomic E-state index is 15.2. The molecule has 0 amide bonds. The lowest BCUT2D eigenvalue weighted by molar-refractivity contribution is 0.288. The smallest absolute Gasteiger partial charge is 0.166 e. The molecule has 0 saturated carbocycles. The van der Waals surface area contributed by atoms with E-state index in [9.17, 15) is 4.39 Å². The minimum absolute atomic E-state index is 0.00902. The second kappa shape index (κ2) is 10.7. The largest absolute Gasteiger partial charge is 0.486 e. The molecule has 0 N–H and O–H groups in total. The first-order chi connectivity index (χ1) is 17.2. The van der Waals surface area contributed by atoms with Crippen LogP contribution in [0.2, 0.25) is 16.6 Å². The zero-order valence-corrected chi connectivity index (χ0v) is 23.2. The van der Waals surface area contributed by atoms with E-state index in [0.717, 1.165) is 11.1 Å². The molecule has 36 heavy (non-hydrogen) atoms. The van der Waals surface area contributed by atoms with Gasteiger partial charge in [-0.2, -0.15) is 0 Å². The SMILES string of the molecule is CC(C)[Si](C(C)C)(C(C)C)N1C=C(Cc2cc(F)c(OCc3ccccc3)cc2F)C2C=CC=NC21. The van der Waals surface area contributed by atoms with Gasteiger partial charge in [-0.15, -0.1) is 0 Å². The van der Waals surface area contributed by atoms with Gasteiger partial charge in [0.05, 0.1) is 0 Å². The fraction of sp³-hybridized carbons (Fsp3) is 0.433. The number of hydrogen-bond acceptors (Lipinski definition) is 3. The maximum Gasteiger partial charge on any atom is 0.166 e. The van der Waals surface area contributed by atoms with Crippen molar-refractivity contribution in [3.05, 3.63) is 89.2 Å². The summed E-state index contributed by atoms with van der Waals surface area (Å²) in [6, 6.07) is 12.0. The van der Waals surface area contributed by atoms with Crippen LogP contribution in [0.25, 0.3) is 0 Å². The third-order valence-electron chi connectivity index (χ3n) is 7.94. The first-order valence-electron chi connectivity index (χ1n) is 13.0. The second-order valence-corrected chi connectivity index (χ2v) is 16.7. The van der Waals surface area contributed by atoms with Crippen LogP contribution in [0.15, 0.2) is 71.4 Å². The molecule has 6 heteroatoms. The molecule has 2 aromatic carbocycles. The van der Waals surface area contributed by atoms with Gasteiger partial charge >= 0.3 is 0 Å². The Morgan fingerprint density at radius 1 is 0.944 bits per heavy atom. The van der Waals surface area contributed by atoms with Gasteiger partial charge in [-0.3, -0.25) is 4.99 Å². The van der Waals surface area contributed by atoms with Crippen LogP contribution in [-0.2, 0) is 13.0 Å². The van der Waals surface area contributed by atoms with E-state index in [1.165, 1.54) is 12.1 Å². The van der Waals surface area contributed by atoms with Crippen molar-refractivity contribution in [3.63, 3.8) is 0 Å². The first kappa shape index (κ1) is 26.3. The highest BCUT2D eigenvalue weighted by Gasteiger charge is 2.53. The molecular weight excluding hydrogens is 470 g/mol. The molecule has 2 aliphatic rings. The van der Waals surface area contributed by atoms with Gasteiger partial charge in [0.25, 0.3) is 0 Å². The first-order valence-corrected chi connectivity index (χ1v) is 15.2. The van der Waals surface area contributed by atoms with E-state index in [4.69, 9.17) is 9.73 Å². The molecule has 0 radical (unpaired) electrons. The molecule has 0 saturated heterocycles. The number of benzene rings is 2. The van der Waals surface area contributed by atoms with E-state index >= 15 is 4.39 Å². The third kappa shape index (κ3) is 4.80. The lowest BCUT2D eigenvalue weighted by atomic mass is 9.92. The van der Waals surface area contributed by atoms with Gasteiger partial charge in [0.2, 0.25) is 0 Å². The van der Waals surface area contributed by atoms with Crippen LogP contribution in [0.5, 0.6) is 5.75 Å². The van der Waals surface area contributed by atoms with Crippen LogP contribution in [0.3, 0.4) is 0 Å². The monoisotopic (exact) mass is 508 g/mol. The molecule has 2 atom stereocenters. The van der Waals surface area contributed by atoms with Crippen molar-refractivity contribution >= 4 is 14.5 Å². The number of nitrogens with zero attached hydrogens (tertiary/aromatic N) is 2. The van der Waals surface area contributed by atoms with Crippen LogP contribution in [0.4, 0.5) is 8.78 Å². The van der Waals surface area contributed by atoms with Gasteiger partial charge in [0.1, 0.15) is 18.6 Å². The van der Waals surface area contributed by atoms with E-state index < -0.39 is 19.9 Å². The summed E-state index contributed by atoms with van der Waals surface area (Å²) >= 11 is 0. The Kier molecular flexibility index (Phi) is 7.84. The van der Waals surface area contributed by atoms with Crippen molar-refractivity contribution in [2.45, 2.75) is 77.4 Å².